The molecule has 5 heavy (non-hydrogen) atoms. The number of rotatable bonds is 0. The number of carboxylic acid groups (broad SMARTS) is 1. The van der Waals surface area contributed by atoms with E-state index < -0.39 is 6.09 Å². The molecule has 0 aliphatic carbocycles. The molecule has 0 saturated heterocycles. The van der Waals surface area contributed by atoms with Crippen LogP contribution < -0.4 is 29.6 Å². The summed E-state index contributed by atoms with van der Waals surface area (Å²) in [5, 5.41) is 7.08. The largest absolute Gasteiger partial charge is 1.00 e. The fourth-order valence-electron chi connectivity index (χ4n) is 0. The van der Waals surface area contributed by atoms with Crippen molar-refractivity contribution in [1.29, 1.82) is 0 Å². The van der Waals surface area contributed by atoms with Crippen LogP contribution in [0.4, 0.5) is 4.79 Å². The van der Waals surface area contributed by atoms with Gasteiger partial charge in [0.2, 0.25) is 6.09 Å². The van der Waals surface area contributed by atoms with E-state index in [0.717, 1.165) is 0 Å². The molecule has 24 valence electrons. The second-order valence-corrected chi connectivity index (χ2v) is 0.305. The van der Waals surface area contributed by atoms with Crippen LogP contribution in [0.3, 0.4) is 0 Å². The molecule has 0 aliphatic heterocycles. The van der Waals surface area contributed by atoms with Gasteiger partial charge in [-0.05, 0) is 0 Å². The first-order chi connectivity index (χ1) is 1.73. The van der Waals surface area contributed by atoms with Crippen LogP contribution in [0.5, 0.6) is 0 Å². The Labute approximate surface area is 51.4 Å². The molecule has 0 aromatic rings. The number of amides is 1. The Balaban J connectivity index is 0. The summed E-state index contributed by atoms with van der Waals surface area (Å²) in [5.41, 5.74) is 5.50. The van der Waals surface area contributed by atoms with Gasteiger partial charge in [-0.3, -0.25) is 4.79 Å². The molecular formula is CH2NNaO2. The molecule has 0 bridgehead atoms. The van der Waals surface area contributed by atoms with Gasteiger partial charge in [-0.1, -0.05) is 0 Å². The summed E-state index contributed by atoms with van der Waals surface area (Å²) in [6.07, 6.45) is -1.58. The number of hydrogen-bond donors (Lipinski definition) is 1. The summed E-state index contributed by atoms with van der Waals surface area (Å²) in [6, 6.07) is 0. The smallest absolute Gasteiger partial charge is 0.632 e. The molecule has 0 radical (unpaired) electrons. The Morgan fingerprint density at radius 3 is 1.80 bits per heavy atom. The van der Waals surface area contributed by atoms with E-state index >= 15 is 0 Å². The topological polar surface area (TPSA) is 61.1 Å². The van der Waals surface area contributed by atoms with E-state index in [1.807, 2.05) is 0 Å². The Kier molecular flexibility index (Phi) is 7.67. The maximum Gasteiger partial charge on any atom is 1.00 e. The third-order valence-corrected chi connectivity index (χ3v) is 0. The summed E-state index contributed by atoms with van der Waals surface area (Å²) < 4.78 is 0. The molecule has 0 saturated carbocycles. The van der Waals surface area contributed by atoms with E-state index in [4.69, 9.17) is 15.6 Å². The molecule has 0 unspecified atom stereocenters. The van der Waals surface area contributed by atoms with E-state index in [0.29, 0.717) is 0 Å². The number of carbonyl (C=O) groups is 1. The van der Waals surface area contributed by atoms with Gasteiger partial charge in [-0.15, -0.1) is 0 Å². The summed E-state index contributed by atoms with van der Waals surface area (Å²) in [4.78, 5) is 8.67. The minimum absolute atomic E-state index is 0. The van der Waals surface area contributed by atoms with Gasteiger partial charge in [0.15, 0.2) is 0 Å². The zero-order valence-electron chi connectivity index (χ0n) is 2.86. The molecule has 2 N–H and O–H groups in total. The monoisotopic (exact) mass is 83.0 g/mol. The van der Waals surface area contributed by atoms with Crippen molar-refractivity contribution in [2.75, 3.05) is 0 Å². The van der Waals surface area contributed by atoms with Crippen molar-refractivity contribution in [3.63, 3.8) is 0 Å². The summed E-state index contributed by atoms with van der Waals surface area (Å²) in [7, 11) is 0. The van der Waals surface area contributed by atoms with Crippen molar-refractivity contribution in [3.05, 3.63) is 5.73 Å². The van der Waals surface area contributed by atoms with Gasteiger partial charge in [-0.25, -0.2) is 0 Å². The third kappa shape index (κ3) is 302. The van der Waals surface area contributed by atoms with Crippen LogP contribution >= 0.6 is 0 Å². The Morgan fingerprint density at radius 2 is 1.80 bits per heavy atom. The molecule has 0 rings (SSSR count). The van der Waals surface area contributed by atoms with Crippen LogP contribution in [0.2, 0.25) is 0 Å². The van der Waals surface area contributed by atoms with Crippen molar-refractivity contribution in [1.82, 2.24) is 0 Å². The van der Waals surface area contributed by atoms with Crippen LogP contribution in [0.1, 0.15) is 0 Å². The Bertz CT molecular complexity index is 32.6. The fraction of sp³-hybridized carbons (Fsp3) is 0. The minimum atomic E-state index is -1.58. The van der Waals surface area contributed by atoms with Crippen molar-refractivity contribution in [3.8, 4) is 0 Å². The first-order valence-corrected chi connectivity index (χ1v) is 0.678. The molecule has 0 heterocycles. The van der Waals surface area contributed by atoms with Crippen LogP contribution in [-0.2, 0) is 0 Å². The number of nitrogens with one attached hydrogen (secondary N) is 1. The zero-order chi connectivity index (χ0) is 3.58. The molecular weight excluding hydrogens is 81.0 g/mol. The second-order valence-electron chi connectivity index (χ2n) is 0.305. The SMILES string of the molecule is [NH-]C(=O)O.[Na+]. The molecule has 4 heteroatoms. The maximum atomic E-state index is 8.67. The summed E-state index contributed by atoms with van der Waals surface area (Å²) in [5.74, 6) is 0. The van der Waals surface area contributed by atoms with Gasteiger partial charge < -0.3 is 10.8 Å². The van der Waals surface area contributed by atoms with E-state index in [2.05, 4.69) is 0 Å². The van der Waals surface area contributed by atoms with Crippen molar-refractivity contribution in [2.45, 2.75) is 0 Å². The van der Waals surface area contributed by atoms with Gasteiger partial charge in [0.05, 0.1) is 0 Å². The second kappa shape index (κ2) is 4.27. The van der Waals surface area contributed by atoms with Gasteiger partial charge in [0.1, 0.15) is 0 Å². The predicted molar refractivity (Wildman–Crippen MR) is 12.3 cm³/mol. The molecule has 0 fully saturated rings. The molecule has 0 aliphatic rings. The van der Waals surface area contributed by atoms with Crippen LogP contribution in [-0.4, -0.2) is 11.2 Å². The molecule has 0 atom stereocenters. The molecule has 0 aromatic carbocycles. The average molecular weight is 83.0 g/mol. The van der Waals surface area contributed by atoms with E-state index in [1.165, 1.54) is 0 Å². The molecule has 1 amide bonds. The van der Waals surface area contributed by atoms with Crippen molar-refractivity contribution in [2.24, 2.45) is 0 Å². The summed E-state index contributed by atoms with van der Waals surface area (Å²) in [6.45, 7) is 0. The Morgan fingerprint density at radius 1 is 1.80 bits per heavy atom. The Hall–Kier alpha value is 0.270. The first-order valence-electron chi connectivity index (χ1n) is 0.678. The quantitative estimate of drug-likeness (QED) is 0.335. The van der Waals surface area contributed by atoms with E-state index in [1.54, 1.807) is 0 Å². The average Bonchev–Trinajstić information content (AvgIpc) is 0.811. The maximum absolute atomic E-state index is 8.67. The standard InChI is InChI=1S/CH2NO2.Na/c2-1(3)4;/h2H,(H,3,4);/q-1;+1. The van der Waals surface area contributed by atoms with Crippen LogP contribution in [0.15, 0.2) is 0 Å². The van der Waals surface area contributed by atoms with Crippen LogP contribution in [0.25, 0.3) is 5.73 Å². The predicted octanol–water partition coefficient (Wildman–Crippen LogP) is -2.28. The summed E-state index contributed by atoms with van der Waals surface area (Å²) >= 11 is 0. The van der Waals surface area contributed by atoms with Gasteiger partial charge >= 0.3 is 29.6 Å². The first kappa shape index (κ1) is 8.99. The van der Waals surface area contributed by atoms with E-state index in [-0.39, 0.29) is 29.6 Å². The van der Waals surface area contributed by atoms with Crippen molar-refractivity contribution >= 4 is 6.09 Å². The van der Waals surface area contributed by atoms with Gasteiger partial charge in [0.25, 0.3) is 0 Å². The minimum Gasteiger partial charge on any atom is -0.632 e. The molecule has 0 aromatic heterocycles. The van der Waals surface area contributed by atoms with Gasteiger partial charge in [0, 0.05) is 0 Å². The third-order valence-electron chi connectivity index (χ3n) is 0. The number of hydrogen-bond acceptors (Lipinski definition) is 1. The van der Waals surface area contributed by atoms with Crippen LogP contribution in [0, 0.1) is 0 Å². The fourth-order valence-corrected chi connectivity index (χ4v) is 0. The molecule has 0 spiro atoms. The zero-order valence-corrected chi connectivity index (χ0v) is 4.86. The molecule has 3 nitrogen and oxygen atoms in total. The van der Waals surface area contributed by atoms with Crippen molar-refractivity contribution < 1.29 is 39.5 Å². The van der Waals surface area contributed by atoms with Gasteiger partial charge in [-0.2, -0.15) is 0 Å². The normalized spacial score (nSPS) is 4.80. The van der Waals surface area contributed by atoms with E-state index in [9.17, 15) is 0 Å².